The molecule has 3 heterocycles. The lowest BCUT2D eigenvalue weighted by Crippen LogP contribution is -2.41. The van der Waals surface area contributed by atoms with Crippen molar-refractivity contribution < 1.29 is 13.2 Å². The van der Waals surface area contributed by atoms with Gasteiger partial charge in [0.15, 0.2) is 0 Å². The molecule has 2 atom stereocenters. The van der Waals surface area contributed by atoms with Gasteiger partial charge in [-0.25, -0.2) is 8.42 Å². The Hall–Kier alpha value is -1.70. The van der Waals surface area contributed by atoms with Gasteiger partial charge in [-0.2, -0.15) is 4.31 Å². The average molecular weight is 347 g/mol. The number of aromatic nitrogens is 1. The summed E-state index contributed by atoms with van der Waals surface area (Å²) in [5.74, 6) is 0.897. The quantitative estimate of drug-likeness (QED) is 0.913. The van der Waals surface area contributed by atoms with E-state index >= 15 is 0 Å². The van der Waals surface area contributed by atoms with E-state index in [0.29, 0.717) is 35.0 Å². The van der Waals surface area contributed by atoms with E-state index in [1.54, 1.807) is 28.8 Å². The van der Waals surface area contributed by atoms with Crippen LogP contribution in [-0.4, -0.2) is 50.5 Å². The van der Waals surface area contributed by atoms with Crippen molar-refractivity contribution in [3.05, 3.63) is 30.6 Å². The van der Waals surface area contributed by atoms with Crippen molar-refractivity contribution in [2.75, 3.05) is 26.7 Å². The third-order valence-electron chi connectivity index (χ3n) is 5.11. The zero-order chi connectivity index (χ0) is 16.7. The number of fused-ring (bicyclic) bond motifs is 2. The number of methoxy groups -OCH3 is 1. The zero-order valence-corrected chi connectivity index (χ0v) is 14.4. The van der Waals surface area contributed by atoms with Crippen LogP contribution >= 0.6 is 0 Å². The molecule has 0 unspecified atom stereocenters. The highest BCUT2D eigenvalue weighted by Crippen LogP contribution is 2.35. The summed E-state index contributed by atoms with van der Waals surface area (Å²) >= 11 is 0. The predicted octanol–water partition coefficient (Wildman–Crippen LogP) is 1.62. The summed E-state index contributed by atoms with van der Waals surface area (Å²) in [6.45, 7) is 2.10. The Balaban J connectivity index is 1.79. The fourth-order valence-electron chi connectivity index (χ4n) is 3.88. The van der Waals surface area contributed by atoms with Gasteiger partial charge in [0, 0.05) is 36.1 Å². The topological polar surface area (TPSA) is 71.5 Å². The maximum absolute atomic E-state index is 13.3. The van der Waals surface area contributed by atoms with Gasteiger partial charge in [0.05, 0.1) is 18.2 Å². The van der Waals surface area contributed by atoms with Crippen LogP contribution < -0.4 is 10.1 Å². The first-order chi connectivity index (χ1) is 11.6. The fraction of sp³-hybridized carbons (Fsp3) is 0.471. The summed E-state index contributed by atoms with van der Waals surface area (Å²) in [5.41, 5.74) is 0. The summed E-state index contributed by atoms with van der Waals surface area (Å²) in [6, 6.07) is 5.55. The third-order valence-corrected chi connectivity index (χ3v) is 6.99. The van der Waals surface area contributed by atoms with Gasteiger partial charge < -0.3 is 10.1 Å². The van der Waals surface area contributed by atoms with Crippen molar-refractivity contribution in [2.45, 2.75) is 23.8 Å². The molecule has 4 rings (SSSR count). The zero-order valence-electron chi connectivity index (χ0n) is 13.6. The van der Waals surface area contributed by atoms with E-state index in [-0.39, 0.29) is 6.04 Å². The normalized spacial score (nSPS) is 24.9. The molecule has 24 heavy (non-hydrogen) atoms. The molecule has 1 aromatic carbocycles. The lowest BCUT2D eigenvalue weighted by Gasteiger charge is -2.24. The van der Waals surface area contributed by atoms with E-state index in [0.717, 1.165) is 24.8 Å². The molecule has 2 saturated heterocycles. The second-order valence-corrected chi connectivity index (χ2v) is 8.39. The minimum atomic E-state index is -3.57. The van der Waals surface area contributed by atoms with Crippen LogP contribution in [0.3, 0.4) is 0 Å². The van der Waals surface area contributed by atoms with E-state index in [1.165, 1.54) is 7.11 Å². The molecule has 0 saturated carbocycles. The molecule has 2 aliphatic rings. The molecule has 128 valence electrons. The van der Waals surface area contributed by atoms with Crippen molar-refractivity contribution in [2.24, 2.45) is 5.92 Å². The lowest BCUT2D eigenvalue weighted by atomic mass is 9.94. The van der Waals surface area contributed by atoms with Crippen molar-refractivity contribution in [3.8, 4) is 5.75 Å². The van der Waals surface area contributed by atoms with Crippen molar-refractivity contribution >= 4 is 20.8 Å². The Morgan fingerprint density at radius 1 is 1.29 bits per heavy atom. The first kappa shape index (κ1) is 15.8. The Kier molecular flexibility index (Phi) is 3.94. The number of benzene rings is 1. The van der Waals surface area contributed by atoms with E-state index in [4.69, 9.17) is 4.74 Å². The monoisotopic (exact) mass is 347 g/mol. The van der Waals surface area contributed by atoms with Crippen molar-refractivity contribution in [1.82, 2.24) is 14.6 Å². The minimum Gasteiger partial charge on any atom is -0.494 e. The van der Waals surface area contributed by atoms with Crippen LogP contribution in [0.15, 0.2) is 35.5 Å². The average Bonchev–Trinajstić information content (AvgIpc) is 3.05. The molecular formula is C17H21N3O3S. The van der Waals surface area contributed by atoms with E-state index < -0.39 is 10.0 Å². The lowest BCUT2D eigenvalue weighted by molar-refractivity contribution is 0.339. The van der Waals surface area contributed by atoms with Crippen LogP contribution in [0.25, 0.3) is 10.8 Å². The standard InChI is InChI=1S/C17H21N3O3S/c1-23-15-9-18-8-12-4-2-6-16(17(12)15)24(21,22)20-10-13-5-3-7-19-14(13)11-20/h2,4,6,8-9,13-14,19H,3,5,7,10-11H2,1H3/t13-,14+/m1/s1. The number of hydrogen-bond donors (Lipinski definition) is 1. The molecule has 0 radical (unpaired) electrons. The van der Waals surface area contributed by atoms with Crippen LogP contribution in [0, 0.1) is 5.92 Å². The van der Waals surface area contributed by atoms with Crippen LogP contribution in [-0.2, 0) is 10.0 Å². The fourth-order valence-corrected chi connectivity index (χ4v) is 5.63. The summed E-state index contributed by atoms with van der Waals surface area (Å²) in [4.78, 5) is 4.42. The van der Waals surface area contributed by atoms with Crippen molar-refractivity contribution in [3.63, 3.8) is 0 Å². The molecule has 7 heteroatoms. The summed E-state index contributed by atoms with van der Waals surface area (Å²) in [7, 11) is -2.03. The van der Waals surface area contributed by atoms with Gasteiger partial charge in [0.1, 0.15) is 5.75 Å². The Morgan fingerprint density at radius 2 is 2.17 bits per heavy atom. The number of sulfonamides is 1. The van der Waals surface area contributed by atoms with Crippen LogP contribution in [0.5, 0.6) is 5.75 Å². The number of nitrogens with zero attached hydrogens (tertiary/aromatic N) is 2. The van der Waals surface area contributed by atoms with Crippen LogP contribution in [0.2, 0.25) is 0 Å². The molecule has 6 nitrogen and oxygen atoms in total. The van der Waals surface area contributed by atoms with Gasteiger partial charge in [0.25, 0.3) is 0 Å². The molecule has 0 spiro atoms. The number of ether oxygens (including phenoxy) is 1. The maximum atomic E-state index is 13.3. The number of rotatable bonds is 3. The molecule has 2 aromatic rings. The maximum Gasteiger partial charge on any atom is 0.243 e. The largest absolute Gasteiger partial charge is 0.494 e. The highest BCUT2D eigenvalue weighted by atomic mass is 32.2. The first-order valence-corrected chi connectivity index (χ1v) is 9.69. The van der Waals surface area contributed by atoms with Gasteiger partial charge in [0.2, 0.25) is 10.0 Å². The highest BCUT2D eigenvalue weighted by molar-refractivity contribution is 7.89. The second kappa shape index (κ2) is 5.98. The number of piperidine rings is 1. The SMILES string of the molecule is COc1cncc2cccc(S(=O)(=O)N3C[C@H]4CCCN[C@H]4C3)c12. The van der Waals surface area contributed by atoms with Gasteiger partial charge in [-0.15, -0.1) is 0 Å². The van der Waals surface area contributed by atoms with Gasteiger partial charge in [-0.1, -0.05) is 12.1 Å². The third kappa shape index (κ3) is 2.47. The highest BCUT2D eigenvalue weighted by Gasteiger charge is 2.40. The molecule has 0 bridgehead atoms. The molecular weight excluding hydrogens is 326 g/mol. The summed E-state index contributed by atoms with van der Waals surface area (Å²) in [5, 5.41) is 4.83. The Bertz CT molecular complexity index is 849. The van der Waals surface area contributed by atoms with Crippen molar-refractivity contribution in [1.29, 1.82) is 0 Å². The Labute approximate surface area is 141 Å². The number of hydrogen-bond acceptors (Lipinski definition) is 5. The van der Waals surface area contributed by atoms with Gasteiger partial charge in [-0.05, 0) is 31.4 Å². The molecule has 0 aliphatic carbocycles. The van der Waals surface area contributed by atoms with Crippen LogP contribution in [0.4, 0.5) is 0 Å². The molecule has 2 aliphatic heterocycles. The van der Waals surface area contributed by atoms with E-state index in [1.807, 2.05) is 6.07 Å². The Morgan fingerprint density at radius 3 is 2.96 bits per heavy atom. The number of pyridine rings is 1. The summed E-state index contributed by atoms with van der Waals surface area (Å²) in [6.07, 6.45) is 5.43. The van der Waals surface area contributed by atoms with Gasteiger partial charge >= 0.3 is 0 Å². The predicted molar refractivity (Wildman–Crippen MR) is 91.6 cm³/mol. The van der Waals surface area contributed by atoms with E-state index in [2.05, 4.69) is 10.3 Å². The minimum absolute atomic E-state index is 0.270. The first-order valence-electron chi connectivity index (χ1n) is 8.25. The van der Waals surface area contributed by atoms with Crippen LogP contribution in [0.1, 0.15) is 12.8 Å². The van der Waals surface area contributed by atoms with Gasteiger partial charge in [-0.3, -0.25) is 4.98 Å². The molecule has 1 N–H and O–H groups in total. The second-order valence-electron chi connectivity index (χ2n) is 6.48. The molecule has 0 amide bonds. The van der Waals surface area contributed by atoms with E-state index in [9.17, 15) is 8.42 Å². The molecule has 1 aromatic heterocycles. The molecule has 2 fully saturated rings. The number of nitrogens with one attached hydrogen (secondary N) is 1. The summed E-state index contributed by atoms with van der Waals surface area (Å²) < 4.78 is 33.5. The smallest absolute Gasteiger partial charge is 0.243 e.